The second-order valence-electron chi connectivity index (χ2n) is 4.30. The number of anilines is 1. The fourth-order valence-corrected chi connectivity index (χ4v) is 2.39. The van der Waals surface area contributed by atoms with E-state index in [1.807, 2.05) is 0 Å². The second-order valence-corrected chi connectivity index (χ2v) is 5.17. The van der Waals surface area contributed by atoms with Crippen molar-refractivity contribution in [3.05, 3.63) is 57.6 Å². The third-order valence-electron chi connectivity index (χ3n) is 2.83. The molecule has 0 aromatic heterocycles. The number of carbonyl (C=O) groups is 1. The van der Waals surface area contributed by atoms with Crippen LogP contribution in [0, 0.1) is 0 Å². The van der Waals surface area contributed by atoms with E-state index < -0.39 is 0 Å². The minimum absolute atomic E-state index is 0.185. The summed E-state index contributed by atoms with van der Waals surface area (Å²) < 4.78 is 5.10. The van der Waals surface area contributed by atoms with E-state index in [0.29, 0.717) is 32.6 Å². The molecule has 0 radical (unpaired) electrons. The fraction of sp³-hybridized carbons (Fsp3) is 0.133. The largest absolute Gasteiger partial charge is 0.496 e. The first-order chi connectivity index (χ1) is 10.0. The van der Waals surface area contributed by atoms with Gasteiger partial charge in [-0.3, -0.25) is 4.79 Å². The van der Waals surface area contributed by atoms with Gasteiger partial charge in [-0.25, -0.2) is 0 Å². The second kappa shape index (κ2) is 6.80. The lowest BCUT2D eigenvalue weighted by atomic mass is 10.1. The first kappa shape index (κ1) is 15.6. The summed E-state index contributed by atoms with van der Waals surface area (Å²) >= 11 is 11.7. The Labute approximate surface area is 132 Å². The Morgan fingerprint density at radius 3 is 2.43 bits per heavy atom. The molecule has 0 aliphatic carbocycles. The number of rotatable bonds is 4. The van der Waals surface area contributed by atoms with E-state index >= 15 is 0 Å². The summed E-state index contributed by atoms with van der Waals surface area (Å²) in [5.41, 5.74) is 1.48. The molecular weight excluding hydrogens is 313 g/mol. The molecule has 0 saturated heterocycles. The summed E-state index contributed by atoms with van der Waals surface area (Å²) in [5, 5.41) is 12.8. The van der Waals surface area contributed by atoms with Crippen LogP contribution >= 0.6 is 23.2 Å². The molecule has 2 aromatic rings. The van der Waals surface area contributed by atoms with Gasteiger partial charge in [-0.2, -0.15) is 0 Å². The van der Waals surface area contributed by atoms with Crippen LogP contribution in [0.1, 0.15) is 15.9 Å². The number of benzene rings is 2. The molecule has 0 bridgehead atoms. The first-order valence-electron chi connectivity index (χ1n) is 6.08. The molecule has 1 amide bonds. The zero-order valence-electron chi connectivity index (χ0n) is 11.2. The monoisotopic (exact) mass is 325 g/mol. The average molecular weight is 326 g/mol. The highest BCUT2D eigenvalue weighted by Gasteiger charge is 2.10. The van der Waals surface area contributed by atoms with Crippen LogP contribution in [0.25, 0.3) is 0 Å². The van der Waals surface area contributed by atoms with E-state index in [1.54, 1.807) is 24.3 Å². The van der Waals surface area contributed by atoms with Crippen LogP contribution in [0.15, 0.2) is 36.4 Å². The third-order valence-corrected chi connectivity index (χ3v) is 3.27. The van der Waals surface area contributed by atoms with Crippen molar-refractivity contribution in [1.29, 1.82) is 0 Å². The number of nitrogens with one attached hydrogen (secondary N) is 1. The number of hydrogen-bond donors (Lipinski definition) is 2. The Bertz CT molecular complexity index is 654. The third kappa shape index (κ3) is 3.88. The predicted molar refractivity (Wildman–Crippen MR) is 83.3 cm³/mol. The van der Waals surface area contributed by atoms with Gasteiger partial charge in [-0.1, -0.05) is 23.2 Å². The Kier molecular flexibility index (Phi) is 5.07. The Hall–Kier alpha value is -1.75. The number of methoxy groups -OCH3 is 1. The van der Waals surface area contributed by atoms with Crippen molar-refractivity contribution in [2.24, 2.45) is 0 Å². The highest BCUT2D eigenvalue weighted by atomic mass is 35.5. The van der Waals surface area contributed by atoms with Gasteiger partial charge >= 0.3 is 0 Å². The standard InChI is InChI=1S/C15H13Cl2NO3/c1-21-14-3-2-13(6-10(14)8-19)18-15(20)9-4-11(16)7-12(17)5-9/h2-7,19H,8H2,1H3,(H,18,20). The summed E-state index contributed by atoms with van der Waals surface area (Å²) in [6.45, 7) is -0.185. The van der Waals surface area contributed by atoms with Crippen LogP contribution in [0.2, 0.25) is 10.0 Å². The topological polar surface area (TPSA) is 58.6 Å². The molecule has 0 fully saturated rings. The molecule has 0 atom stereocenters. The van der Waals surface area contributed by atoms with Crippen molar-refractivity contribution >= 4 is 34.8 Å². The van der Waals surface area contributed by atoms with Gasteiger partial charge in [0, 0.05) is 26.9 Å². The summed E-state index contributed by atoms with van der Waals surface area (Å²) in [6.07, 6.45) is 0. The zero-order valence-corrected chi connectivity index (χ0v) is 12.7. The van der Waals surface area contributed by atoms with Gasteiger partial charge in [-0.15, -0.1) is 0 Å². The zero-order chi connectivity index (χ0) is 15.4. The molecule has 0 heterocycles. The van der Waals surface area contributed by atoms with Crippen LogP contribution in [-0.4, -0.2) is 18.1 Å². The van der Waals surface area contributed by atoms with Crippen molar-refractivity contribution in [3.8, 4) is 5.75 Å². The van der Waals surface area contributed by atoms with E-state index in [0.717, 1.165) is 0 Å². The van der Waals surface area contributed by atoms with Gasteiger partial charge in [-0.05, 0) is 36.4 Å². The molecule has 2 N–H and O–H groups in total. The molecule has 0 saturated carbocycles. The van der Waals surface area contributed by atoms with Gasteiger partial charge < -0.3 is 15.2 Å². The fourth-order valence-electron chi connectivity index (χ4n) is 1.87. The molecule has 6 heteroatoms. The minimum Gasteiger partial charge on any atom is -0.496 e. The molecule has 0 aliphatic rings. The van der Waals surface area contributed by atoms with E-state index in [4.69, 9.17) is 27.9 Å². The summed E-state index contributed by atoms with van der Waals surface area (Å²) in [5.74, 6) is 0.217. The number of carbonyl (C=O) groups excluding carboxylic acids is 1. The van der Waals surface area contributed by atoms with E-state index in [9.17, 15) is 9.90 Å². The number of amides is 1. The predicted octanol–water partition coefficient (Wildman–Crippen LogP) is 3.75. The number of hydrogen-bond acceptors (Lipinski definition) is 3. The number of aliphatic hydroxyl groups excluding tert-OH is 1. The van der Waals surface area contributed by atoms with Gasteiger partial charge in [0.15, 0.2) is 0 Å². The maximum atomic E-state index is 12.2. The molecule has 110 valence electrons. The smallest absolute Gasteiger partial charge is 0.255 e. The minimum atomic E-state index is -0.339. The van der Waals surface area contributed by atoms with Crippen LogP contribution in [0.5, 0.6) is 5.75 Å². The van der Waals surface area contributed by atoms with Crippen molar-refractivity contribution in [3.63, 3.8) is 0 Å². The van der Waals surface area contributed by atoms with E-state index in [1.165, 1.54) is 19.2 Å². The highest BCUT2D eigenvalue weighted by molar-refractivity contribution is 6.35. The Morgan fingerprint density at radius 2 is 1.86 bits per heavy atom. The van der Waals surface area contributed by atoms with Gasteiger partial charge in [0.25, 0.3) is 5.91 Å². The van der Waals surface area contributed by atoms with Gasteiger partial charge in [0.05, 0.1) is 13.7 Å². The molecule has 0 spiro atoms. The average Bonchev–Trinajstić information content (AvgIpc) is 2.46. The lowest BCUT2D eigenvalue weighted by Gasteiger charge is -2.10. The highest BCUT2D eigenvalue weighted by Crippen LogP contribution is 2.24. The van der Waals surface area contributed by atoms with Crippen molar-refractivity contribution < 1.29 is 14.6 Å². The van der Waals surface area contributed by atoms with Gasteiger partial charge in [0.2, 0.25) is 0 Å². The van der Waals surface area contributed by atoms with Crippen molar-refractivity contribution in [1.82, 2.24) is 0 Å². The molecular formula is C15H13Cl2NO3. The van der Waals surface area contributed by atoms with E-state index in [2.05, 4.69) is 5.32 Å². The lowest BCUT2D eigenvalue weighted by Crippen LogP contribution is -2.12. The molecule has 2 rings (SSSR count). The van der Waals surface area contributed by atoms with Crippen LogP contribution in [0.4, 0.5) is 5.69 Å². The SMILES string of the molecule is COc1ccc(NC(=O)c2cc(Cl)cc(Cl)c2)cc1CO. The quantitative estimate of drug-likeness (QED) is 0.900. The Balaban J connectivity index is 2.23. The van der Waals surface area contributed by atoms with Crippen LogP contribution < -0.4 is 10.1 Å². The summed E-state index contributed by atoms with van der Waals surface area (Å²) in [7, 11) is 1.51. The molecule has 2 aromatic carbocycles. The van der Waals surface area contributed by atoms with Crippen molar-refractivity contribution in [2.75, 3.05) is 12.4 Å². The molecule has 0 unspecified atom stereocenters. The number of ether oxygens (including phenoxy) is 1. The number of halogens is 2. The molecule has 4 nitrogen and oxygen atoms in total. The molecule has 21 heavy (non-hydrogen) atoms. The summed E-state index contributed by atoms with van der Waals surface area (Å²) in [6, 6.07) is 9.60. The normalized spacial score (nSPS) is 10.3. The van der Waals surface area contributed by atoms with Crippen molar-refractivity contribution in [2.45, 2.75) is 6.61 Å². The van der Waals surface area contributed by atoms with E-state index in [-0.39, 0.29) is 12.5 Å². The van der Waals surface area contributed by atoms with Gasteiger partial charge in [0.1, 0.15) is 5.75 Å². The van der Waals surface area contributed by atoms with Crippen LogP contribution in [-0.2, 0) is 6.61 Å². The molecule has 0 aliphatic heterocycles. The van der Waals surface area contributed by atoms with Crippen LogP contribution in [0.3, 0.4) is 0 Å². The maximum absolute atomic E-state index is 12.2. The Morgan fingerprint density at radius 1 is 1.19 bits per heavy atom. The summed E-state index contributed by atoms with van der Waals surface area (Å²) in [4.78, 5) is 12.2. The lowest BCUT2D eigenvalue weighted by molar-refractivity contribution is 0.102. The first-order valence-corrected chi connectivity index (χ1v) is 6.84. The maximum Gasteiger partial charge on any atom is 0.255 e. The number of aliphatic hydroxyl groups is 1.